The molecule has 0 N–H and O–H groups in total. The third-order valence-electron chi connectivity index (χ3n) is 3.88. The van der Waals surface area contributed by atoms with E-state index in [1.807, 2.05) is 0 Å². The van der Waals surface area contributed by atoms with Gasteiger partial charge in [0.15, 0.2) is 0 Å². The molecule has 0 aromatic carbocycles. The van der Waals surface area contributed by atoms with Crippen LogP contribution in [0.4, 0.5) is 0 Å². The fourth-order valence-electron chi connectivity index (χ4n) is 2.72. The average Bonchev–Trinajstić information content (AvgIpc) is 2.44. The van der Waals surface area contributed by atoms with Crippen LogP contribution in [-0.4, -0.2) is 17.8 Å². The van der Waals surface area contributed by atoms with Crippen molar-refractivity contribution in [2.45, 2.75) is 103 Å². The quantitative estimate of drug-likeness (QED) is 0.230. The zero-order valence-electron chi connectivity index (χ0n) is 14.2. The standard InChI is InChI=1S/C18H36O2S/c1-3-14-18(20-17(2)19)15-12-10-8-6-4-5-7-9-11-13-16-21/h18,21H,3-16H2,1-2H3. The molecule has 1 unspecified atom stereocenters. The Labute approximate surface area is 137 Å². The average molecular weight is 317 g/mol. The number of ether oxygens (including phenoxy) is 1. The monoisotopic (exact) mass is 316 g/mol. The predicted octanol–water partition coefficient (Wildman–Crippen LogP) is 5.94. The number of rotatable bonds is 15. The lowest BCUT2D eigenvalue weighted by molar-refractivity contribution is -0.147. The minimum atomic E-state index is -0.133. The van der Waals surface area contributed by atoms with Crippen LogP contribution < -0.4 is 0 Å². The van der Waals surface area contributed by atoms with E-state index in [0.717, 1.165) is 25.0 Å². The highest BCUT2D eigenvalue weighted by atomic mass is 32.1. The molecule has 3 heteroatoms. The SMILES string of the molecule is CCCC(CCCCCCCCCCCCS)OC(C)=O. The fraction of sp³-hybridized carbons (Fsp3) is 0.944. The number of thiol groups is 1. The molecule has 21 heavy (non-hydrogen) atoms. The van der Waals surface area contributed by atoms with Crippen LogP contribution in [-0.2, 0) is 9.53 Å². The van der Waals surface area contributed by atoms with E-state index in [0.29, 0.717) is 0 Å². The molecule has 0 aromatic rings. The lowest BCUT2D eigenvalue weighted by atomic mass is 10.0. The van der Waals surface area contributed by atoms with Crippen LogP contribution in [0, 0.1) is 0 Å². The maximum Gasteiger partial charge on any atom is 0.302 e. The smallest absolute Gasteiger partial charge is 0.302 e. The summed E-state index contributed by atoms with van der Waals surface area (Å²) < 4.78 is 5.34. The molecule has 0 radical (unpaired) electrons. The van der Waals surface area contributed by atoms with Gasteiger partial charge in [-0.2, -0.15) is 12.6 Å². The zero-order chi connectivity index (χ0) is 15.8. The topological polar surface area (TPSA) is 26.3 Å². The van der Waals surface area contributed by atoms with Gasteiger partial charge < -0.3 is 4.74 Å². The molecule has 0 spiro atoms. The Hall–Kier alpha value is -0.180. The lowest BCUT2D eigenvalue weighted by Crippen LogP contribution is -2.15. The van der Waals surface area contributed by atoms with Gasteiger partial charge in [-0.15, -0.1) is 0 Å². The third-order valence-corrected chi connectivity index (χ3v) is 4.19. The van der Waals surface area contributed by atoms with Crippen LogP contribution in [0.2, 0.25) is 0 Å². The first-order valence-corrected chi connectivity index (χ1v) is 9.62. The number of esters is 1. The van der Waals surface area contributed by atoms with Gasteiger partial charge in [-0.3, -0.25) is 4.79 Å². The van der Waals surface area contributed by atoms with Crippen molar-refractivity contribution in [3.8, 4) is 0 Å². The molecule has 2 nitrogen and oxygen atoms in total. The minimum absolute atomic E-state index is 0.133. The summed E-state index contributed by atoms with van der Waals surface area (Å²) in [5.41, 5.74) is 0. The maximum absolute atomic E-state index is 11.0. The van der Waals surface area contributed by atoms with Crippen molar-refractivity contribution in [3.05, 3.63) is 0 Å². The summed E-state index contributed by atoms with van der Waals surface area (Å²) in [6.07, 6.45) is 16.6. The van der Waals surface area contributed by atoms with Gasteiger partial charge in [0.2, 0.25) is 0 Å². The van der Waals surface area contributed by atoms with Gasteiger partial charge in [-0.1, -0.05) is 64.7 Å². The van der Waals surface area contributed by atoms with Crippen LogP contribution in [0.5, 0.6) is 0 Å². The molecule has 0 aliphatic carbocycles. The second kappa shape index (κ2) is 16.2. The van der Waals surface area contributed by atoms with Crippen molar-refractivity contribution in [1.29, 1.82) is 0 Å². The molecule has 0 bridgehead atoms. The molecule has 0 saturated carbocycles. The van der Waals surface area contributed by atoms with Gasteiger partial charge in [-0.25, -0.2) is 0 Å². The Bertz CT molecular complexity index is 231. The second-order valence-electron chi connectivity index (χ2n) is 6.07. The molecule has 0 rings (SSSR count). The summed E-state index contributed by atoms with van der Waals surface area (Å²) >= 11 is 4.23. The van der Waals surface area contributed by atoms with Crippen molar-refractivity contribution < 1.29 is 9.53 Å². The molecule has 0 heterocycles. The van der Waals surface area contributed by atoms with E-state index >= 15 is 0 Å². The largest absolute Gasteiger partial charge is 0.463 e. The highest BCUT2D eigenvalue weighted by molar-refractivity contribution is 7.80. The lowest BCUT2D eigenvalue weighted by Gasteiger charge is -2.15. The van der Waals surface area contributed by atoms with Crippen LogP contribution in [0.1, 0.15) is 97.3 Å². The van der Waals surface area contributed by atoms with Crippen LogP contribution in [0.3, 0.4) is 0 Å². The van der Waals surface area contributed by atoms with Crippen molar-refractivity contribution >= 4 is 18.6 Å². The number of hydrogen-bond donors (Lipinski definition) is 1. The van der Waals surface area contributed by atoms with Gasteiger partial charge in [0.1, 0.15) is 6.10 Å². The van der Waals surface area contributed by atoms with Crippen LogP contribution in [0.25, 0.3) is 0 Å². The first-order valence-electron chi connectivity index (χ1n) is 8.98. The molecule has 126 valence electrons. The number of unbranched alkanes of at least 4 members (excludes halogenated alkanes) is 9. The van der Waals surface area contributed by atoms with Gasteiger partial charge in [0.25, 0.3) is 0 Å². The van der Waals surface area contributed by atoms with E-state index in [4.69, 9.17) is 4.74 Å². The Morgan fingerprint density at radius 1 is 0.857 bits per heavy atom. The summed E-state index contributed by atoms with van der Waals surface area (Å²) in [6.45, 7) is 3.66. The highest BCUT2D eigenvalue weighted by Crippen LogP contribution is 2.15. The van der Waals surface area contributed by atoms with E-state index in [-0.39, 0.29) is 12.1 Å². The predicted molar refractivity (Wildman–Crippen MR) is 95.1 cm³/mol. The van der Waals surface area contributed by atoms with Gasteiger partial charge in [0.05, 0.1) is 0 Å². The van der Waals surface area contributed by atoms with Gasteiger partial charge in [0, 0.05) is 6.92 Å². The zero-order valence-corrected chi connectivity index (χ0v) is 15.1. The number of carbonyl (C=O) groups excluding carboxylic acids is 1. The summed E-state index contributed by atoms with van der Waals surface area (Å²) in [4.78, 5) is 11.0. The molecular weight excluding hydrogens is 280 g/mol. The van der Waals surface area contributed by atoms with E-state index in [1.165, 1.54) is 71.1 Å². The number of carbonyl (C=O) groups is 1. The molecule has 0 aliphatic rings. The maximum atomic E-state index is 11.0. The summed E-state index contributed by atoms with van der Waals surface area (Å²) in [5.74, 6) is 0.901. The molecule has 0 aromatic heterocycles. The van der Waals surface area contributed by atoms with Crippen molar-refractivity contribution in [1.82, 2.24) is 0 Å². The summed E-state index contributed by atoms with van der Waals surface area (Å²) in [6, 6.07) is 0. The van der Waals surface area contributed by atoms with Crippen LogP contribution in [0.15, 0.2) is 0 Å². The molecule has 0 aliphatic heterocycles. The van der Waals surface area contributed by atoms with E-state index in [2.05, 4.69) is 19.6 Å². The van der Waals surface area contributed by atoms with Crippen molar-refractivity contribution in [3.63, 3.8) is 0 Å². The Balaban J connectivity index is 3.31. The molecule has 0 fully saturated rings. The Kier molecular flexibility index (Phi) is 16.1. The van der Waals surface area contributed by atoms with Crippen LogP contribution >= 0.6 is 12.6 Å². The van der Waals surface area contributed by atoms with Crippen molar-refractivity contribution in [2.75, 3.05) is 5.75 Å². The molecular formula is C18H36O2S. The molecule has 1 atom stereocenters. The Morgan fingerprint density at radius 3 is 1.76 bits per heavy atom. The Morgan fingerprint density at radius 2 is 1.33 bits per heavy atom. The van der Waals surface area contributed by atoms with E-state index in [9.17, 15) is 4.79 Å². The fourth-order valence-corrected chi connectivity index (χ4v) is 2.94. The first kappa shape index (κ1) is 20.8. The summed E-state index contributed by atoms with van der Waals surface area (Å²) in [5, 5.41) is 0. The normalized spacial score (nSPS) is 12.3. The highest BCUT2D eigenvalue weighted by Gasteiger charge is 2.10. The second-order valence-corrected chi connectivity index (χ2v) is 6.52. The first-order chi connectivity index (χ1) is 10.2. The van der Waals surface area contributed by atoms with Gasteiger partial charge >= 0.3 is 5.97 Å². The number of hydrogen-bond acceptors (Lipinski definition) is 3. The van der Waals surface area contributed by atoms with Gasteiger partial charge in [-0.05, 0) is 31.4 Å². The van der Waals surface area contributed by atoms with Crippen molar-refractivity contribution in [2.24, 2.45) is 0 Å². The molecule has 0 saturated heterocycles. The third kappa shape index (κ3) is 16.0. The minimum Gasteiger partial charge on any atom is -0.463 e. The molecule has 0 amide bonds. The summed E-state index contributed by atoms with van der Waals surface area (Å²) in [7, 11) is 0. The van der Waals surface area contributed by atoms with E-state index < -0.39 is 0 Å². The van der Waals surface area contributed by atoms with E-state index in [1.54, 1.807) is 0 Å².